The van der Waals surface area contributed by atoms with Gasteiger partial charge in [-0.15, -0.1) is 0 Å². The van der Waals surface area contributed by atoms with Gasteiger partial charge < -0.3 is 14.2 Å². The van der Waals surface area contributed by atoms with Crippen LogP contribution in [0.3, 0.4) is 0 Å². The Morgan fingerprint density at radius 3 is 2.49 bits per heavy atom. The van der Waals surface area contributed by atoms with E-state index in [2.05, 4.69) is 4.99 Å². The molecule has 1 atom stereocenters. The predicted octanol–water partition coefficient (Wildman–Crippen LogP) is 3.86. The minimum absolute atomic E-state index is 0.277. The summed E-state index contributed by atoms with van der Waals surface area (Å²) in [6.45, 7) is 5.31. The number of para-hydroxylation sites is 1. The lowest BCUT2D eigenvalue weighted by atomic mass is 9.96. The lowest BCUT2D eigenvalue weighted by molar-refractivity contribution is -0.143. The molecule has 4 rings (SSSR count). The number of nitrogens with zero attached hydrogens (tertiary/aromatic N) is 2. The molecule has 0 N–H and O–H groups in total. The van der Waals surface area contributed by atoms with Crippen molar-refractivity contribution >= 4 is 35.0 Å². The van der Waals surface area contributed by atoms with Crippen molar-refractivity contribution in [1.82, 2.24) is 4.57 Å². The number of carbonyl (C=O) groups is 1. The molecular weight excluding hydrogens is 488 g/mol. The molecule has 0 fully saturated rings. The summed E-state index contributed by atoms with van der Waals surface area (Å²) in [7, 11) is 3.11. The van der Waals surface area contributed by atoms with Gasteiger partial charge >= 0.3 is 5.97 Å². The van der Waals surface area contributed by atoms with Crippen molar-refractivity contribution in [3.8, 4) is 11.5 Å². The second-order valence-corrected chi connectivity index (χ2v) is 9.62. The first-order valence-corrected chi connectivity index (χ1v) is 12.1. The highest BCUT2D eigenvalue weighted by atomic mass is 35.5. The van der Waals surface area contributed by atoms with Crippen LogP contribution in [0, 0.1) is 0 Å². The van der Waals surface area contributed by atoms with Crippen molar-refractivity contribution in [2.75, 3.05) is 14.2 Å². The fraction of sp³-hybridized carbons (Fsp3) is 0.269. The number of thiazole rings is 1. The van der Waals surface area contributed by atoms with Gasteiger partial charge in [0.25, 0.3) is 5.56 Å². The molecule has 3 aromatic rings. The van der Waals surface area contributed by atoms with Gasteiger partial charge in [-0.1, -0.05) is 47.2 Å². The summed E-state index contributed by atoms with van der Waals surface area (Å²) in [5.74, 6) is 0.569. The third-order valence-electron chi connectivity index (χ3n) is 5.49. The maximum absolute atomic E-state index is 13.7. The van der Waals surface area contributed by atoms with Crippen LogP contribution in [-0.2, 0) is 9.53 Å². The van der Waals surface area contributed by atoms with Crippen LogP contribution >= 0.6 is 22.9 Å². The van der Waals surface area contributed by atoms with E-state index in [1.807, 2.05) is 12.1 Å². The molecule has 1 aliphatic rings. The van der Waals surface area contributed by atoms with E-state index in [9.17, 15) is 9.59 Å². The molecule has 0 amide bonds. The lowest BCUT2D eigenvalue weighted by Crippen LogP contribution is -2.40. The molecule has 0 aliphatic carbocycles. The van der Waals surface area contributed by atoms with Crippen LogP contribution in [-0.4, -0.2) is 30.9 Å². The van der Waals surface area contributed by atoms with Crippen molar-refractivity contribution in [1.29, 1.82) is 0 Å². The second-order valence-electron chi connectivity index (χ2n) is 8.17. The second kappa shape index (κ2) is 10.1. The molecule has 9 heteroatoms. The predicted molar refractivity (Wildman–Crippen MR) is 136 cm³/mol. The number of ether oxygens (including phenoxy) is 3. The van der Waals surface area contributed by atoms with Gasteiger partial charge in [0.05, 0.1) is 42.2 Å². The number of allylic oxidation sites excluding steroid dienone is 1. The van der Waals surface area contributed by atoms with E-state index in [-0.39, 0.29) is 11.7 Å². The zero-order valence-electron chi connectivity index (χ0n) is 20.0. The Kier molecular flexibility index (Phi) is 7.14. The molecule has 7 nitrogen and oxygen atoms in total. The van der Waals surface area contributed by atoms with E-state index in [4.69, 9.17) is 25.8 Å². The number of fused-ring (bicyclic) bond motifs is 1. The van der Waals surface area contributed by atoms with E-state index in [0.29, 0.717) is 42.7 Å². The molecule has 0 spiro atoms. The Morgan fingerprint density at radius 1 is 1.14 bits per heavy atom. The summed E-state index contributed by atoms with van der Waals surface area (Å²) in [6.07, 6.45) is 1.42. The summed E-state index contributed by atoms with van der Waals surface area (Å²) >= 11 is 7.35. The fourth-order valence-electron chi connectivity index (χ4n) is 3.99. The summed E-state index contributed by atoms with van der Waals surface area (Å²) in [5, 5.41) is 0.554. The molecule has 0 saturated carbocycles. The first kappa shape index (κ1) is 24.8. The molecule has 0 bridgehead atoms. The van der Waals surface area contributed by atoms with Crippen molar-refractivity contribution in [3.05, 3.63) is 89.6 Å². The molecule has 2 aromatic carbocycles. The summed E-state index contributed by atoms with van der Waals surface area (Å²) in [4.78, 5) is 31.9. The molecule has 35 heavy (non-hydrogen) atoms. The monoisotopic (exact) mass is 512 g/mol. The van der Waals surface area contributed by atoms with Gasteiger partial charge in [0, 0.05) is 10.6 Å². The Hall–Kier alpha value is -3.36. The molecular formula is C26H25ClN2O5S. The maximum atomic E-state index is 13.7. The first-order valence-electron chi connectivity index (χ1n) is 10.9. The summed E-state index contributed by atoms with van der Waals surface area (Å²) in [6, 6.07) is 11.8. The van der Waals surface area contributed by atoms with E-state index < -0.39 is 12.0 Å². The smallest absolute Gasteiger partial charge is 0.338 e. The van der Waals surface area contributed by atoms with Gasteiger partial charge in [-0.2, -0.15) is 0 Å². The van der Waals surface area contributed by atoms with E-state index >= 15 is 0 Å². The van der Waals surface area contributed by atoms with Crippen LogP contribution < -0.4 is 24.4 Å². The number of esters is 1. The average Bonchev–Trinajstić information content (AvgIpc) is 3.12. The van der Waals surface area contributed by atoms with Crippen molar-refractivity contribution < 1.29 is 19.0 Å². The molecule has 0 radical (unpaired) electrons. The maximum Gasteiger partial charge on any atom is 0.338 e. The number of benzene rings is 2. The van der Waals surface area contributed by atoms with Gasteiger partial charge in [0.1, 0.15) is 0 Å². The molecule has 182 valence electrons. The normalized spacial score (nSPS) is 15.6. The van der Waals surface area contributed by atoms with Crippen molar-refractivity contribution in [2.24, 2.45) is 4.99 Å². The van der Waals surface area contributed by atoms with Gasteiger partial charge in [-0.25, -0.2) is 9.79 Å². The largest absolute Gasteiger partial charge is 0.493 e. The molecule has 0 saturated heterocycles. The quantitative estimate of drug-likeness (QED) is 0.469. The molecule has 1 aromatic heterocycles. The standard InChI is InChI=1S/C26H25ClN2O5S/c1-14(2)34-25(31)21-15(3)28-26-29(22(21)16-9-11-18(27)12-10-16)24(30)20(35-26)13-17-7-6-8-19(32-4)23(17)33-5/h6-14,22H,1-5H3/b20-13-/t22-/m0/s1. The number of carbonyl (C=O) groups excluding carboxylic acids is 1. The van der Waals surface area contributed by atoms with Crippen LogP contribution in [0.25, 0.3) is 6.08 Å². The molecule has 0 unspecified atom stereocenters. The summed E-state index contributed by atoms with van der Waals surface area (Å²) < 4.78 is 18.4. The number of methoxy groups -OCH3 is 2. The Bertz CT molecular complexity index is 1490. The van der Waals surface area contributed by atoms with Gasteiger partial charge in [0.15, 0.2) is 16.3 Å². The highest BCUT2D eigenvalue weighted by Gasteiger charge is 2.33. The zero-order chi connectivity index (χ0) is 25.3. The van der Waals surface area contributed by atoms with Crippen LogP contribution in [0.2, 0.25) is 5.02 Å². The third kappa shape index (κ3) is 4.76. The Morgan fingerprint density at radius 2 is 1.86 bits per heavy atom. The van der Waals surface area contributed by atoms with Crippen molar-refractivity contribution in [2.45, 2.75) is 32.9 Å². The Labute approximate surface area is 211 Å². The number of hydrogen-bond acceptors (Lipinski definition) is 7. The van der Waals surface area contributed by atoms with Gasteiger partial charge in [-0.05, 0) is 50.6 Å². The fourth-order valence-corrected chi connectivity index (χ4v) is 5.15. The number of hydrogen-bond donors (Lipinski definition) is 0. The Balaban J connectivity index is 1.96. The van der Waals surface area contributed by atoms with Crippen molar-refractivity contribution in [3.63, 3.8) is 0 Å². The SMILES string of the molecule is COc1cccc(/C=c2\sc3n(c2=O)[C@@H](c2ccc(Cl)cc2)C(C(=O)OC(C)C)=C(C)N=3)c1OC. The number of aromatic nitrogens is 1. The highest BCUT2D eigenvalue weighted by molar-refractivity contribution is 7.07. The zero-order valence-corrected chi connectivity index (χ0v) is 21.6. The van der Waals surface area contributed by atoms with Crippen LogP contribution in [0.15, 0.2) is 63.5 Å². The highest BCUT2D eigenvalue weighted by Crippen LogP contribution is 2.33. The van der Waals surface area contributed by atoms with Crippen LogP contribution in [0.4, 0.5) is 0 Å². The van der Waals surface area contributed by atoms with Gasteiger partial charge in [-0.3, -0.25) is 9.36 Å². The van der Waals surface area contributed by atoms with E-state index in [1.165, 1.54) is 15.9 Å². The number of rotatable bonds is 6. The average molecular weight is 513 g/mol. The minimum atomic E-state index is -0.705. The van der Waals surface area contributed by atoms with E-state index in [0.717, 1.165) is 5.56 Å². The number of halogens is 1. The van der Waals surface area contributed by atoms with Crippen LogP contribution in [0.1, 0.15) is 37.9 Å². The first-order chi connectivity index (χ1) is 16.7. The van der Waals surface area contributed by atoms with Gasteiger partial charge in [0.2, 0.25) is 0 Å². The lowest BCUT2D eigenvalue weighted by Gasteiger charge is -2.25. The molecule has 2 heterocycles. The summed E-state index contributed by atoms with van der Waals surface area (Å²) in [5.41, 5.74) is 1.96. The van der Waals surface area contributed by atoms with Crippen LogP contribution in [0.5, 0.6) is 11.5 Å². The van der Waals surface area contributed by atoms with E-state index in [1.54, 1.807) is 71.4 Å². The molecule has 1 aliphatic heterocycles. The third-order valence-corrected chi connectivity index (χ3v) is 6.72. The topological polar surface area (TPSA) is 79.1 Å². The minimum Gasteiger partial charge on any atom is -0.493 e.